The van der Waals surface area contributed by atoms with Gasteiger partial charge in [0.2, 0.25) is 0 Å². The predicted molar refractivity (Wildman–Crippen MR) is 81.8 cm³/mol. The second kappa shape index (κ2) is 7.21. The van der Waals surface area contributed by atoms with Gasteiger partial charge in [-0.3, -0.25) is 0 Å². The Hall–Kier alpha value is -0.900. The summed E-state index contributed by atoms with van der Waals surface area (Å²) in [5, 5.41) is 13.6. The lowest BCUT2D eigenvalue weighted by molar-refractivity contribution is 0.107. The molecule has 1 aromatic carbocycles. The summed E-state index contributed by atoms with van der Waals surface area (Å²) < 4.78 is 5.51. The monoisotopic (exact) mass is 277 g/mol. The molecule has 2 N–H and O–H groups in total. The van der Waals surface area contributed by atoms with E-state index >= 15 is 0 Å². The number of aliphatic hydroxyl groups excluding tert-OH is 1. The summed E-state index contributed by atoms with van der Waals surface area (Å²) in [6.45, 7) is 7.92. The topological polar surface area (TPSA) is 41.5 Å². The Morgan fingerprint density at radius 2 is 2.00 bits per heavy atom. The Labute approximate surface area is 122 Å². The second-order valence-corrected chi connectivity index (χ2v) is 6.23. The predicted octanol–water partition coefficient (Wildman–Crippen LogP) is 2.69. The highest BCUT2D eigenvalue weighted by Crippen LogP contribution is 2.17. The van der Waals surface area contributed by atoms with E-state index in [1.54, 1.807) is 0 Å². The molecule has 3 nitrogen and oxygen atoms in total. The van der Waals surface area contributed by atoms with Crippen LogP contribution in [-0.4, -0.2) is 30.4 Å². The summed E-state index contributed by atoms with van der Waals surface area (Å²) in [7, 11) is 0. The van der Waals surface area contributed by atoms with Gasteiger partial charge < -0.3 is 15.2 Å². The van der Waals surface area contributed by atoms with Crippen molar-refractivity contribution in [1.29, 1.82) is 0 Å². The van der Waals surface area contributed by atoms with E-state index in [-0.39, 0.29) is 6.10 Å². The zero-order valence-corrected chi connectivity index (χ0v) is 12.8. The molecule has 3 heteroatoms. The van der Waals surface area contributed by atoms with Crippen molar-refractivity contribution >= 4 is 0 Å². The lowest BCUT2D eigenvalue weighted by atomic mass is 10.00. The minimum atomic E-state index is -0.448. The summed E-state index contributed by atoms with van der Waals surface area (Å²) in [6, 6.07) is 8.70. The molecule has 20 heavy (non-hydrogen) atoms. The fourth-order valence-corrected chi connectivity index (χ4v) is 2.73. The van der Waals surface area contributed by atoms with E-state index in [0.717, 1.165) is 25.0 Å². The van der Waals surface area contributed by atoms with Gasteiger partial charge in [-0.15, -0.1) is 0 Å². The first-order valence-corrected chi connectivity index (χ1v) is 7.68. The first kappa shape index (κ1) is 15.5. The normalized spacial score (nSPS) is 24.2. The number of rotatable bonds is 6. The molecule has 3 unspecified atom stereocenters. The van der Waals surface area contributed by atoms with Gasteiger partial charge in [0, 0.05) is 19.2 Å². The lowest BCUT2D eigenvalue weighted by Crippen LogP contribution is -2.37. The molecular weight excluding hydrogens is 250 g/mol. The number of hydrogen-bond acceptors (Lipinski definition) is 3. The number of hydrogen-bond donors (Lipinski definition) is 2. The van der Waals surface area contributed by atoms with Crippen LogP contribution in [0.2, 0.25) is 0 Å². The largest absolute Gasteiger partial charge is 0.387 e. The highest BCUT2D eigenvalue weighted by Gasteiger charge is 2.24. The molecule has 0 amide bonds. The Bertz CT molecular complexity index is 402. The SMILES string of the molecule is CC(C)Cc1ccc(C(O)CNC2CCOC2C)cc1. The van der Waals surface area contributed by atoms with Crippen molar-refractivity contribution in [3.63, 3.8) is 0 Å². The van der Waals surface area contributed by atoms with Crippen LogP contribution in [-0.2, 0) is 11.2 Å². The molecular formula is C17H27NO2. The van der Waals surface area contributed by atoms with Crippen molar-refractivity contribution in [3.05, 3.63) is 35.4 Å². The third-order valence-electron chi connectivity index (χ3n) is 3.96. The van der Waals surface area contributed by atoms with Crippen molar-refractivity contribution in [2.75, 3.05) is 13.2 Å². The molecule has 0 bridgehead atoms. The van der Waals surface area contributed by atoms with Gasteiger partial charge in [0.1, 0.15) is 0 Å². The maximum atomic E-state index is 10.2. The van der Waals surface area contributed by atoms with E-state index in [0.29, 0.717) is 18.5 Å². The fourth-order valence-electron chi connectivity index (χ4n) is 2.73. The van der Waals surface area contributed by atoms with Crippen LogP contribution < -0.4 is 5.32 Å². The van der Waals surface area contributed by atoms with Crippen LogP contribution in [0.1, 0.15) is 44.4 Å². The van der Waals surface area contributed by atoms with Crippen molar-refractivity contribution in [2.24, 2.45) is 5.92 Å². The van der Waals surface area contributed by atoms with Gasteiger partial charge in [-0.05, 0) is 36.8 Å². The van der Waals surface area contributed by atoms with E-state index in [9.17, 15) is 5.11 Å². The van der Waals surface area contributed by atoms with Gasteiger partial charge in [0.15, 0.2) is 0 Å². The van der Waals surface area contributed by atoms with Gasteiger partial charge in [-0.2, -0.15) is 0 Å². The number of benzene rings is 1. The molecule has 0 radical (unpaired) electrons. The molecule has 1 heterocycles. The highest BCUT2D eigenvalue weighted by molar-refractivity contribution is 5.24. The van der Waals surface area contributed by atoms with E-state index in [1.165, 1.54) is 5.56 Å². The fraction of sp³-hybridized carbons (Fsp3) is 0.647. The molecule has 112 valence electrons. The third-order valence-corrected chi connectivity index (χ3v) is 3.96. The molecule has 1 saturated heterocycles. The Balaban J connectivity index is 1.84. The van der Waals surface area contributed by atoms with Crippen LogP contribution in [0.25, 0.3) is 0 Å². The van der Waals surface area contributed by atoms with Gasteiger partial charge in [0.05, 0.1) is 12.2 Å². The molecule has 0 saturated carbocycles. The smallest absolute Gasteiger partial charge is 0.0914 e. The average molecular weight is 277 g/mol. The zero-order valence-electron chi connectivity index (χ0n) is 12.8. The minimum absolute atomic E-state index is 0.246. The number of ether oxygens (including phenoxy) is 1. The van der Waals surface area contributed by atoms with E-state index in [1.807, 2.05) is 12.1 Å². The Morgan fingerprint density at radius 3 is 2.55 bits per heavy atom. The molecule has 1 aliphatic rings. The third kappa shape index (κ3) is 4.30. The van der Waals surface area contributed by atoms with Gasteiger partial charge in [-0.25, -0.2) is 0 Å². The first-order valence-electron chi connectivity index (χ1n) is 7.68. The molecule has 0 spiro atoms. The molecule has 1 aromatic rings. The molecule has 2 rings (SSSR count). The van der Waals surface area contributed by atoms with Crippen LogP contribution >= 0.6 is 0 Å². The molecule has 0 aromatic heterocycles. The summed E-state index contributed by atoms with van der Waals surface area (Å²) in [5.74, 6) is 0.663. The average Bonchev–Trinajstić information content (AvgIpc) is 2.82. The maximum Gasteiger partial charge on any atom is 0.0914 e. The quantitative estimate of drug-likeness (QED) is 0.840. The standard InChI is InChI=1S/C17H27NO2/c1-12(2)10-14-4-6-15(7-5-14)17(19)11-18-16-8-9-20-13(16)3/h4-7,12-13,16-19H,8-11H2,1-3H3. The molecule has 1 aliphatic heterocycles. The molecule has 3 atom stereocenters. The summed E-state index contributed by atoms with van der Waals surface area (Å²) in [5.41, 5.74) is 2.32. The molecule has 0 aliphatic carbocycles. The Morgan fingerprint density at radius 1 is 1.30 bits per heavy atom. The van der Waals surface area contributed by atoms with Gasteiger partial charge in [0.25, 0.3) is 0 Å². The van der Waals surface area contributed by atoms with Crippen LogP contribution in [0.4, 0.5) is 0 Å². The van der Waals surface area contributed by atoms with Crippen LogP contribution in [0.3, 0.4) is 0 Å². The van der Waals surface area contributed by atoms with Crippen molar-refractivity contribution < 1.29 is 9.84 Å². The summed E-state index contributed by atoms with van der Waals surface area (Å²) >= 11 is 0. The number of aliphatic hydroxyl groups is 1. The van der Waals surface area contributed by atoms with Crippen molar-refractivity contribution in [2.45, 2.75) is 51.9 Å². The summed E-state index contributed by atoms with van der Waals surface area (Å²) in [4.78, 5) is 0. The van der Waals surface area contributed by atoms with Crippen molar-refractivity contribution in [1.82, 2.24) is 5.32 Å². The van der Waals surface area contributed by atoms with E-state index in [2.05, 4.69) is 38.2 Å². The van der Waals surface area contributed by atoms with Crippen molar-refractivity contribution in [3.8, 4) is 0 Å². The lowest BCUT2D eigenvalue weighted by Gasteiger charge is -2.19. The molecule has 1 fully saturated rings. The van der Waals surface area contributed by atoms with E-state index < -0.39 is 6.10 Å². The minimum Gasteiger partial charge on any atom is -0.387 e. The summed E-state index contributed by atoms with van der Waals surface area (Å²) in [6.07, 6.45) is 1.92. The van der Waals surface area contributed by atoms with Crippen LogP contribution in [0.15, 0.2) is 24.3 Å². The zero-order chi connectivity index (χ0) is 14.5. The maximum absolute atomic E-state index is 10.2. The van der Waals surface area contributed by atoms with Gasteiger partial charge in [-0.1, -0.05) is 38.1 Å². The first-order chi connectivity index (χ1) is 9.56. The van der Waals surface area contributed by atoms with Gasteiger partial charge >= 0.3 is 0 Å². The second-order valence-electron chi connectivity index (χ2n) is 6.23. The Kier molecular flexibility index (Phi) is 5.58. The van der Waals surface area contributed by atoms with Crippen LogP contribution in [0.5, 0.6) is 0 Å². The van der Waals surface area contributed by atoms with E-state index in [4.69, 9.17) is 4.74 Å². The number of nitrogens with one attached hydrogen (secondary N) is 1. The van der Waals surface area contributed by atoms with Crippen LogP contribution in [0, 0.1) is 5.92 Å². The highest BCUT2D eigenvalue weighted by atomic mass is 16.5.